The Bertz CT molecular complexity index is 723. The number of carbonyl (C=O) groups excluding carboxylic acids is 2. The first-order valence-corrected chi connectivity index (χ1v) is 7.97. The van der Waals surface area contributed by atoms with Gasteiger partial charge in [0.2, 0.25) is 0 Å². The summed E-state index contributed by atoms with van der Waals surface area (Å²) in [5.74, 6) is -1.60. The zero-order valence-electron chi connectivity index (χ0n) is 12.7. The lowest BCUT2D eigenvalue weighted by atomic mass is 10.2. The van der Waals surface area contributed by atoms with Gasteiger partial charge in [0.15, 0.2) is 0 Å². The number of hydrogen-bond acceptors (Lipinski definition) is 3. The Morgan fingerprint density at radius 2 is 1.75 bits per heavy atom. The molecule has 0 bridgehead atoms. The van der Waals surface area contributed by atoms with Crippen LogP contribution < -0.4 is 5.32 Å². The van der Waals surface area contributed by atoms with Gasteiger partial charge in [-0.1, -0.05) is 59.6 Å². The summed E-state index contributed by atoms with van der Waals surface area (Å²) in [5, 5.41) is 12.0. The fourth-order valence-corrected chi connectivity index (χ4v) is 2.44. The lowest BCUT2D eigenvalue weighted by molar-refractivity contribution is -0.143. The number of carbonyl (C=O) groups is 2. The maximum Gasteiger partial charge on any atom is 0.313 e. The normalized spacial score (nSPS) is 10.3. The van der Waals surface area contributed by atoms with Gasteiger partial charge in [-0.2, -0.15) is 0 Å². The molecular formula is C17H16Cl2N2O3. The van der Waals surface area contributed by atoms with Gasteiger partial charge in [-0.05, 0) is 17.7 Å². The molecule has 0 aliphatic carbocycles. The fourth-order valence-electron chi connectivity index (χ4n) is 2.10. The third-order valence-electron chi connectivity index (χ3n) is 3.27. The first kappa shape index (κ1) is 18.3. The molecule has 2 aromatic rings. The quantitative estimate of drug-likeness (QED) is 0.799. The monoisotopic (exact) mass is 366 g/mol. The van der Waals surface area contributed by atoms with Gasteiger partial charge in [-0.15, -0.1) is 0 Å². The highest BCUT2D eigenvalue weighted by atomic mass is 35.5. The first-order chi connectivity index (χ1) is 11.5. The van der Waals surface area contributed by atoms with Crippen LogP contribution in [0.1, 0.15) is 5.56 Å². The largest absolute Gasteiger partial charge is 0.395 e. The van der Waals surface area contributed by atoms with Crippen molar-refractivity contribution in [1.29, 1.82) is 0 Å². The maximum atomic E-state index is 12.4. The molecule has 0 saturated heterocycles. The van der Waals surface area contributed by atoms with Crippen LogP contribution in [0.25, 0.3) is 0 Å². The Hall–Kier alpha value is -2.08. The number of halogens is 2. The van der Waals surface area contributed by atoms with Crippen molar-refractivity contribution in [1.82, 2.24) is 4.90 Å². The topological polar surface area (TPSA) is 69.6 Å². The molecule has 0 unspecified atom stereocenters. The van der Waals surface area contributed by atoms with E-state index in [9.17, 15) is 9.59 Å². The lowest BCUT2D eigenvalue weighted by Crippen LogP contribution is -2.40. The van der Waals surface area contributed by atoms with Gasteiger partial charge in [-0.3, -0.25) is 9.59 Å². The van der Waals surface area contributed by atoms with E-state index in [0.29, 0.717) is 0 Å². The minimum Gasteiger partial charge on any atom is -0.395 e. The molecule has 126 valence electrons. The standard InChI is InChI=1S/C17H16Cl2N2O3/c18-13-7-4-8-14(15(13)19)20-16(23)17(24)21(9-10-22)11-12-5-2-1-3-6-12/h1-8,22H,9-11H2,(H,20,23). The number of aliphatic hydroxyl groups is 1. The predicted octanol–water partition coefficient (Wildman–Crippen LogP) is 2.95. The van der Waals surface area contributed by atoms with Crippen LogP contribution in [0.4, 0.5) is 5.69 Å². The van der Waals surface area contributed by atoms with Gasteiger partial charge in [0, 0.05) is 13.1 Å². The average molecular weight is 367 g/mol. The molecule has 0 radical (unpaired) electrons. The fraction of sp³-hybridized carbons (Fsp3) is 0.176. The van der Waals surface area contributed by atoms with Crippen molar-refractivity contribution in [2.24, 2.45) is 0 Å². The van der Waals surface area contributed by atoms with Gasteiger partial charge in [0.1, 0.15) is 0 Å². The summed E-state index contributed by atoms with van der Waals surface area (Å²) in [5.41, 5.74) is 1.11. The van der Waals surface area contributed by atoms with E-state index in [1.54, 1.807) is 18.2 Å². The minimum atomic E-state index is -0.844. The van der Waals surface area contributed by atoms with Crippen LogP contribution in [0.2, 0.25) is 10.0 Å². The lowest BCUT2D eigenvalue weighted by Gasteiger charge is -2.21. The van der Waals surface area contributed by atoms with E-state index in [4.69, 9.17) is 28.3 Å². The second kappa shape index (κ2) is 8.68. The van der Waals surface area contributed by atoms with Crippen LogP contribution >= 0.6 is 23.2 Å². The van der Waals surface area contributed by atoms with Crippen molar-refractivity contribution in [3.8, 4) is 0 Å². The highest BCUT2D eigenvalue weighted by molar-refractivity contribution is 6.45. The molecule has 7 heteroatoms. The molecule has 0 aromatic heterocycles. The number of nitrogens with one attached hydrogen (secondary N) is 1. The number of hydrogen-bond donors (Lipinski definition) is 2. The number of aliphatic hydroxyl groups excluding tert-OH is 1. The molecule has 0 saturated carbocycles. The van der Waals surface area contributed by atoms with Crippen LogP contribution in [0.5, 0.6) is 0 Å². The molecule has 0 aliphatic rings. The molecule has 2 rings (SSSR count). The van der Waals surface area contributed by atoms with E-state index in [2.05, 4.69) is 5.32 Å². The van der Waals surface area contributed by atoms with Gasteiger partial charge >= 0.3 is 11.8 Å². The van der Waals surface area contributed by atoms with Gasteiger partial charge in [0.05, 0.1) is 22.3 Å². The Balaban J connectivity index is 2.11. The Kier molecular flexibility index (Phi) is 6.61. The third kappa shape index (κ3) is 4.71. The zero-order chi connectivity index (χ0) is 17.5. The summed E-state index contributed by atoms with van der Waals surface area (Å²) in [6.07, 6.45) is 0. The number of benzene rings is 2. The summed E-state index contributed by atoms with van der Waals surface area (Å²) in [6, 6.07) is 13.9. The van der Waals surface area contributed by atoms with Crippen molar-refractivity contribution in [3.63, 3.8) is 0 Å². The Morgan fingerprint density at radius 1 is 1.04 bits per heavy atom. The SMILES string of the molecule is O=C(Nc1cccc(Cl)c1Cl)C(=O)N(CCO)Cc1ccccc1. The summed E-state index contributed by atoms with van der Waals surface area (Å²) >= 11 is 11.9. The van der Waals surface area contributed by atoms with Crippen molar-refractivity contribution >= 4 is 40.7 Å². The summed E-state index contributed by atoms with van der Waals surface area (Å²) in [4.78, 5) is 25.8. The predicted molar refractivity (Wildman–Crippen MR) is 94.0 cm³/mol. The van der Waals surface area contributed by atoms with Crippen molar-refractivity contribution in [3.05, 3.63) is 64.1 Å². The van der Waals surface area contributed by atoms with Crippen molar-refractivity contribution < 1.29 is 14.7 Å². The van der Waals surface area contributed by atoms with Crippen molar-refractivity contribution in [2.75, 3.05) is 18.5 Å². The van der Waals surface area contributed by atoms with Gasteiger partial charge in [-0.25, -0.2) is 0 Å². The van der Waals surface area contributed by atoms with Crippen LogP contribution in [-0.4, -0.2) is 35.0 Å². The molecule has 0 atom stereocenters. The number of anilines is 1. The third-order valence-corrected chi connectivity index (χ3v) is 4.09. The molecule has 5 nitrogen and oxygen atoms in total. The highest BCUT2D eigenvalue weighted by Crippen LogP contribution is 2.29. The van der Waals surface area contributed by atoms with Crippen LogP contribution in [0.3, 0.4) is 0 Å². The minimum absolute atomic E-state index is 0.0461. The molecular weight excluding hydrogens is 351 g/mol. The van der Waals surface area contributed by atoms with E-state index < -0.39 is 11.8 Å². The number of rotatable bonds is 5. The summed E-state index contributed by atoms with van der Waals surface area (Å²) in [7, 11) is 0. The smallest absolute Gasteiger partial charge is 0.313 e. The number of amides is 2. The van der Waals surface area contributed by atoms with Crippen LogP contribution in [0, 0.1) is 0 Å². The van der Waals surface area contributed by atoms with Crippen molar-refractivity contribution in [2.45, 2.75) is 6.54 Å². The van der Waals surface area contributed by atoms with E-state index in [1.807, 2.05) is 30.3 Å². The molecule has 2 aromatic carbocycles. The van der Waals surface area contributed by atoms with Crippen LogP contribution in [-0.2, 0) is 16.1 Å². The molecule has 24 heavy (non-hydrogen) atoms. The Labute approximate surface area is 149 Å². The summed E-state index contributed by atoms with van der Waals surface area (Å²) in [6.45, 7) is 0.0190. The van der Waals surface area contributed by atoms with E-state index >= 15 is 0 Å². The molecule has 0 aliphatic heterocycles. The first-order valence-electron chi connectivity index (χ1n) is 7.22. The molecule has 0 fully saturated rings. The van der Waals surface area contributed by atoms with Gasteiger partial charge < -0.3 is 15.3 Å². The molecule has 0 spiro atoms. The zero-order valence-corrected chi connectivity index (χ0v) is 14.2. The summed E-state index contributed by atoms with van der Waals surface area (Å²) < 4.78 is 0. The molecule has 2 N–H and O–H groups in total. The van der Waals surface area contributed by atoms with E-state index in [-0.39, 0.29) is 35.4 Å². The van der Waals surface area contributed by atoms with E-state index in [1.165, 1.54) is 4.90 Å². The highest BCUT2D eigenvalue weighted by Gasteiger charge is 2.22. The number of nitrogens with zero attached hydrogens (tertiary/aromatic N) is 1. The second-order valence-electron chi connectivity index (χ2n) is 4.99. The van der Waals surface area contributed by atoms with Crippen LogP contribution in [0.15, 0.2) is 48.5 Å². The average Bonchev–Trinajstić information content (AvgIpc) is 2.59. The molecule has 0 heterocycles. The second-order valence-corrected chi connectivity index (χ2v) is 5.78. The molecule has 2 amide bonds. The van der Waals surface area contributed by atoms with Gasteiger partial charge in [0.25, 0.3) is 0 Å². The maximum absolute atomic E-state index is 12.4. The van der Waals surface area contributed by atoms with E-state index in [0.717, 1.165) is 5.56 Å². The Morgan fingerprint density at radius 3 is 2.42 bits per heavy atom.